The number of ether oxygens (including phenoxy) is 1. The summed E-state index contributed by atoms with van der Waals surface area (Å²) in [4.78, 5) is 11.3. The standard InChI is InChI=1S/C13H21N3O2/c1-18-8-4-2-3-7-16-12-6-5-10(14)9-11(12)13(15)17/h5-6,9,16H,2-4,7-8,14H2,1H3,(H2,15,17). The van der Waals surface area contributed by atoms with Gasteiger partial charge < -0.3 is 21.5 Å². The predicted octanol–water partition coefficient (Wildman–Crippen LogP) is 1.60. The highest BCUT2D eigenvalue weighted by Crippen LogP contribution is 2.18. The Morgan fingerprint density at radius 2 is 2.11 bits per heavy atom. The molecule has 5 heteroatoms. The Morgan fingerprint density at radius 3 is 2.78 bits per heavy atom. The fourth-order valence-electron chi connectivity index (χ4n) is 1.69. The number of unbranched alkanes of at least 4 members (excludes halogenated alkanes) is 2. The Kier molecular flexibility index (Phi) is 6.00. The van der Waals surface area contributed by atoms with Crippen LogP contribution in [0, 0.1) is 0 Å². The van der Waals surface area contributed by atoms with Crippen molar-refractivity contribution >= 4 is 17.3 Å². The van der Waals surface area contributed by atoms with E-state index in [1.807, 2.05) is 0 Å². The van der Waals surface area contributed by atoms with E-state index in [1.165, 1.54) is 0 Å². The second kappa shape index (κ2) is 7.55. The molecule has 0 spiro atoms. The molecule has 0 radical (unpaired) electrons. The molecule has 1 aromatic carbocycles. The number of methoxy groups -OCH3 is 1. The molecule has 0 aromatic heterocycles. The first-order chi connectivity index (χ1) is 8.65. The van der Waals surface area contributed by atoms with Crippen LogP contribution in [0.5, 0.6) is 0 Å². The molecule has 0 aliphatic carbocycles. The second-order valence-electron chi connectivity index (χ2n) is 4.15. The summed E-state index contributed by atoms with van der Waals surface area (Å²) in [5.41, 5.74) is 12.6. The predicted molar refractivity (Wildman–Crippen MR) is 73.6 cm³/mol. The number of carbonyl (C=O) groups is 1. The summed E-state index contributed by atoms with van der Waals surface area (Å²) in [7, 11) is 1.70. The highest BCUT2D eigenvalue weighted by Gasteiger charge is 2.07. The van der Waals surface area contributed by atoms with Crippen LogP contribution in [-0.4, -0.2) is 26.2 Å². The van der Waals surface area contributed by atoms with Gasteiger partial charge >= 0.3 is 0 Å². The van der Waals surface area contributed by atoms with Gasteiger partial charge in [0, 0.05) is 31.6 Å². The van der Waals surface area contributed by atoms with Crippen LogP contribution in [0.4, 0.5) is 11.4 Å². The van der Waals surface area contributed by atoms with Gasteiger partial charge in [0.25, 0.3) is 5.91 Å². The van der Waals surface area contributed by atoms with Gasteiger partial charge in [-0.2, -0.15) is 0 Å². The lowest BCUT2D eigenvalue weighted by Gasteiger charge is -2.10. The molecule has 0 aliphatic rings. The Labute approximate surface area is 107 Å². The molecule has 5 N–H and O–H groups in total. The number of nitrogens with one attached hydrogen (secondary N) is 1. The van der Waals surface area contributed by atoms with E-state index >= 15 is 0 Å². The van der Waals surface area contributed by atoms with Crippen LogP contribution in [0.25, 0.3) is 0 Å². The van der Waals surface area contributed by atoms with Gasteiger partial charge in [-0.3, -0.25) is 4.79 Å². The molecule has 5 nitrogen and oxygen atoms in total. The number of hydrogen-bond donors (Lipinski definition) is 3. The van der Waals surface area contributed by atoms with Crippen molar-refractivity contribution in [3.8, 4) is 0 Å². The summed E-state index contributed by atoms with van der Waals surface area (Å²) < 4.78 is 4.97. The maximum atomic E-state index is 11.3. The molecule has 0 saturated heterocycles. The average molecular weight is 251 g/mol. The third-order valence-electron chi connectivity index (χ3n) is 2.65. The van der Waals surface area contributed by atoms with Crippen LogP contribution < -0.4 is 16.8 Å². The maximum Gasteiger partial charge on any atom is 0.250 e. The van der Waals surface area contributed by atoms with E-state index in [2.05, 4.69) is 5.32 Å². The van der Waals surface area contributed by atoms with E-state index < -0.39 is 5.91 Å². The lowest BCUT2D eigenvalue weighted by atomic mass is 10.1. The fraction of sp³-hybridized carbons (Fsp3) is 0.462. The Bertz CT molecular complexity index is 394. The summed E-state index contributed by atoms with van der Waals surface area (Å²) in [5.74, 6) is -0.468. The van der Waals surface area contributed by atoms with Crippen molar-refractivity contribution in [2.75, 3.05) is 31.3 Å². The minimum absolute atomic E-state index is 0.437. The molecule has 100 valence electrons. The quantitative estimate of drug-likeness (QED) is 0.483. The highest BCUT2D eigenvalue weighted by molar-refractivity contribution is 5.99. The van der Waals surface area contributed by atoms with Crippen molar-refractivity contribution in [3.05, 3.63) is 23.8 Å². The maximum absolute atomic E-state index is 11.3. The first kappa shape index (κ1) is 14.3. The highest BCUT2D eigenvalue weighted by atomic mass is 16.5. The Morgan fingerprint density at radius 1 is 1.33 bits per heavy atom. The molecule has 0 heterocycles. The van der Waals surface area contributed by atoms with E-state index in [0.717, 1.165) is 38.1 Å². The van der Waals surface area contributed by atoms with Crippen molar-refractivity contribution in [3.63, 3.8) is 0 Å². The summed E-state index contributed by atoms with van der Waals surface area (Å²) in [6.45, 7) is 1.59. The first-order valence-electron chi connectivity index (χ1n) is 6.07. The summed E-state index contributed by atoms with van der Waals surface area (Å²) in [5, 5.41) is 3.20. The molecule has 0 atom stereocenters. The summed E-state index contributed by atoms with van der Waals surface area (Å²) in [6.07, 6.45) is 3.15. The van der Waals surface area contributed by atoms with E-state index in [0.29, 0.717) is 11.3 Å². The number of benzene rings is 1. The Balaban J connectivity index is 2.44. The van der Waals surface area contributed by atoms with E-state index in [-0.39, 0.29) is 0 Å². The van der Waals surface area contributed by atoms with Crippen LogP contribution in [0.3, 0.4) is 0 Å². The number of amides is 1. The molecule has 18 heavy (non-hydrogen) atoms. The number of hydrogen-bond acceptors (Lipinski definition) is 4. The first-order valence-corrected chi connectivity index (χ1v) is 6.07. The van der Waals surface area contributed by atoms with Gasteiger partial charge in [-0.05, 0) is 37.5 Å². The van der Waals surface area contributed by atoms with Crippen LogP contribution >= 0.6 is 0 Å². The molecule has 0 fully saturated rings. The number of anilines is 2. The normalized spacial score (nSPS) is 10.3. The molecule has 1 amide bonds. The van der Waals surface area contributed by atoms with Crippen molar-refractivity contribution < 1.29 is 9.53 Å². The minimum atomic E-state index is -0.468. The number of primary amides is 1. The van der Waals surface area contributed by atoms with Gasteiger partial charge in [-0.25, -0.2) is 0 Å². The van der Waals surface area contributed by atoms with Gasteiger partial charge in [0.15, 0.2) is 0 Å². The van der Waals surface area contributed by atoms with Gasteiger partial charge in [0.2, 0.25) is 0 Å². The zero-order chi connectivity index (χ0) is 13.4. The number of carbonyl (C=O) groups excluding carboxylic acids is 1. The van der Waals surface area contributed by atoms with Crippen molar-refractivity contribution in [1.29, 1.82) is 0 Å². The molecular formula is C13H21N3O2. The van der Waals surface area contributed by atoms with Crippen LogP contribution in [0.15, 0.2) is 18.2 Å². The molecule has 0 aliphatic heterocycles. The molecule has 1 rings (SSSR count). The average Bonchev–Trinajstić information content (AvgIpc) is 2.35. The largest absolute Gasteiger partial charge is 0.399 e. The van der Waals surface area contributed by atoms with Crippen LogP contribution in [0.1, 0.15) is 29.6 Å². The fourth-order valence-corrected chi connectivity index (χ4v) is 1.69. The van der Waals surface area contributed by atoms with Crippen LogP contribution in [0.2, 0.25) is 0 Å². The molecular weight excluding hydrogens is 230 g/mol. The second-order valence-corrected chi connectivity index (χ2v) is 4.15. The van der Waals surface area contributed by atoms with E-state index in [1.54, 1.807) is 25.3 Å². The molecule has 0 bridgehead atoms. The number of nitrogens with two attached hydrogens (primary N) is 2. The SMILES string of the molecule is COCCCCCNc1ccc(N)cc1C(N)=O. The number of rotatable bonds is 8. The van der Waals surface area contributed by atoms with Crippen molar-refractivity contribution in [1.82, 2.24) is 0 Å². The van der Waals surface area contributed by atoms with Crippen LogP contribution in [-0.2, 0) is 4.74 Å². The molecule has 1 aromatic rings. The van der Waals surface area contributed by atoms with Gasteiger partial charge in [0.1, 0.15) is 0 Å². The Hall–Kier alpha value is -1.75. The van der Waals surface area contributed by atoms with Gasteiger partial charge in [-0.1, -0.05) is 0 Å². The smallest absolute Gasteiger partial charge is 0.250 e. The summed E-state index contributed by atoms with van der Waals surface area (Å²) >= 11 is 0. The summed E-state index contributed by atoms with van der Waals surface area (Å²) in [6, 6.07) is 5.12. The number of nitrogen functional groups attached to an aromatic ring is 1. The monoisotopic (exact) mass is 251 g/mol. The topological polar surface area (TPSA) is 90.4 Å². The molecule has 0 unspecified atom stereocenters. The zero-order valence-electron chi connectivity index (χ0n) is 10.7. The van der Waals surface area contributed by atoms with E-state index in [9.17, 15) is 4.79 Å². The van der Waals surface area contributed by atoms with Crippen molar-refractivity contribution in [2.45, 2.75) is 19.3 Å². The minimum Gasteiger partial charge on any atom is -0.399 e. The lowest BCUT2D eigenvalue weighted by Crippen LogP contribution is -2.15. The third-order valence-corrected chi connectivity index (χ3v) is 2.65. The van der Waals surface area contributed by atoms with Gasteiger partial charge in [0.05, 0.1) is 5.56 Å². The van der Waals surface area contributed by atoms with Gasteiger partial charge in [-0.15, -0.1) is 0 Å². The lowest BCUT2D eigenvalue weighted by molar-refractivity contribution is 0.100. The van der Waals surface area contributed by atoms with Crippen molar-refractivity contribution in [2.24, 2.45) is 5.73 Å². The third kappa shape index (κ3) is 4.63. The molecule has 0 saturated carbocycles. The zero-order valence-corrected chi connectivity index (χ0v) is 10.7. The van der Waals surface area contributed by atoms with E-state index in [4.69, 9.17) is 16.2 Å².